The van der Waals surface area contributed by atoms with Crippen molar-refractivity contribution < 1.29 is 9.21 Å². The molecule has 0 fully saturated rings. The second-order valence-electron chi connectivity index (χ2n) is 6.43. The molecule has 0 spiro atoms. The lowest BCUT2D eigenvalue weighted by molar-refractivity contribution is 0.0978. The summed E-state index contributed by atoms with van der Waals surface area (Å²) in [6.45, 7) is 2.09. The molecule has 0 aliphatic rings. The Morgan fingerprint density at radius 2 is 2.07 bits per heavy atom. The normalized spacial score (nSPS) is 10.9. The van der Waals surface area contributed by atoms with E-state index in [9.17, 15) is 14.4 Å². The highest BCUT2D eigenvalue weighted by atomic mass is 35.5. The van der Waals surface area contributed by atoms with Crippen LogP contribution in [0.2, 0.25) is 10.2 Å². The number of nitrogen functional groups attached to an aromatic ring is 1. The van der Waals surface area contributed by atoms with Crippen LogP contribution < -0.4 is 21.9 Å². The lowest BCUT2D eigenvalue weighted by Crippen LogP contribution is -2.41. The monoisotopic (exact) mass is 451 g/mol. The van der Waals surface area contributed by atoms with Crippen LogP contribution in [0.25, 0.3) is 0 Å². The zero-order valence-electron chi connectivity index (χ0n) is 16.0. The molecule has 3 N–H and O–H groups in total. The van der Waals surface area contributed by atoms with Gasteiger partial charge in [-0.05, 0) is 30.7 Å². The molecular weight excluding hydrogens is 433 g/mol. The number of carbonyl (C=O) groups excluding carboxylic acids is 1. The van der Waals surface area contributed by atoms with Gasteiger partial charge in [0.2, 0.25) is 0 Å². The average Bonchev–Trinajstić information content (AvgIpc) is 3.21. The number of anilines is 2. The first kappa shape index (κ1) is 21.7. The van der Waals surface area contributed by atoms with Crippen LogP contribution in [0.5, 0.6) is 0 Å². The molecule has 0 aliphatic heterocycles. The summed E-state index contributed by atoms with van der Waals surface area (Å²) in [4.78, 5) is 45.6. The molecule has 30 heavy (non-hydrogen) atoms. The van der Waals surface area contributed by atoms with Crippen LogP contribution in [0.1, 0.15) is 36.0 Å². The molecule has 0 saturated carbocycles. The third-order valence-corrected chi connectivity index (χ3v) is 4.89. The predicted octanol–water partition coefficient (Wildman–Crippen LogP) is 3.06. The summed E-state index contributed by atoms with van der Waals surface area (Å²) in [5.41, 5.74) is 4.34. The van der Waals surface area contributed by atoms with Crippen molar-refractivity contribution in [3.63, 3.8) is 0 Å². The zero-order valence-corrected chi connectivity index (χ0v) is 17.5. The van der Waals surface area contributed by atoms with E-state index in [1.54, 1.807) is 12.1 Å². The van der Waals surface area contributed by atoms with Crippen molar-refractivity contribution >= 4 is 40.6 Å². The molecule has 3 aromatic rings. The van der Waals surface area contributed by atoms with Crippen LogP contribution in [-0.2, 0) is 13.1 Å². The van der Waals surface area contributed by atoms with Crippen molar-refractivity contribution in [3.8, 4) is 0 Å². The number of hydrogen-bond donors (Lipinski definition) is 2. The van der Waals surface area contributed by atoms with E-state index in [1.165, 1.54) is 23.0 Å². The first-order chi connectivity index (χ1) is 14.3. The number of hydrogen-bond acceptors (Lipinski definition) is 6. The molecule has 0 radical (unpaired) electrons. The minimum atomic E-state index is -0.816. The molecule has 1 amide bonds. The lowest BCUT2D eigenvalue weighted by Gasteiger charge is -2.23. The van der Waals surface area contributed by atoms with Gasteiger partial charge >= 0.3 is 5.69 Å². The third kappa shape index (κ3) is 4.42. The summed E-state index contributed by atoms with van der Waals surface area (Å²) in [5, 5.41) is 0.0960. The Morgan fingerprint density at radius 1 is 1.30 bits per heavy atom. The zero-order chi connectivity index (χ0) is 21.8. The number of halogens is 2. The molecule has 3 rings (SSSR count). The molecule has 0 atom stereocenters. The number of carbonyl (C=O) groups is 1. The van der Waals surface area contributed by atoms with Gasteiger partial charge in [0.15, 0.2) is 5.69 Å². The highest BCUT2D eigenvalue weighted by molar-refractivity contribution is 6.35. The van der Waals surface area contributed by atoms with Crippen LogP contribution >= 0.6 is 23.2 Å². The van der Waals surface area contributed by atoms with Crippen LogP contribution in [0.15, 0.2) is 44.5 Å². The smallest absolute Gasteiger partial charge is 0.330 e. The number of furan rings is 1. The largest absolute Gasteiger partial charge is 0.467 e. The Morgan fingerprint density at radius 3 is 2.73 bits per heavy atom. The second kappa shape index (κ2) is 9.19. The van der Waals surface area contributed by atoms with Crippen molar-refractivity contribution in [2.75, 3.05) is 10.6 Å². The van der Waals surface area contributed by atoms with Gasteiger partial charge in [-0.1, -0.05) is 36.5 Å². The summed E-state index contributed by atoms with van der Waals surface area (Å²) >= 11 is 12.1. The maximum absolute atomic E-state index is 13.3. The minimum Gasteiger partial charge on any atom is -0.467 e. The molecule has 11 heteroatoms. The molecule has 158 valence electrons. The molecular formula is C19H19Cl2N5O4. The van der Waals surface area contributed by atoms with Gasteiger partial charge < -0.3 is 10.2 Å². The van der Waals surface area contributed by atoms with Gasteiger partial charge in [-0.15, -0.1) is 0 Å². The van der Waals surface area contributed by atoms with E-state index < -0.39 is 17.2 Å². The predicted molar refractivity (Wildman–Crippen MR) is 114 cm³/mol. The number of rotatable bonds is 7. The number of unbranched alkanes of at least 4 members (excludes halogenated alkanes) is 1. The van der Waals surface area contributed by atoms with Gasteiger partial charge in [0.05, 0.1) is 17.8 Å². The van der Waals surface area contributed by atoms with Crippen molar-refractivity contribution in [2.24, 2.45) is 0 Å². The van der Waals surface area contributed by atoms with Crippen LogP contribution in [-0.4, -0.2) is 20.4 Å². The van der Waals surface area contributed by atoms with Crippen LogP contribution in [0.3, 0.4) is 0 Å². The van der Waals surface area contributed by atoms with E-state index in [-0.39, 0.29) is 40.5 Å². The summed E-state index contributed by atoms with van der Waals surface area (Å²) in [6.07, 6.45) is 2.89. The number of aromatic nitrogens is 3. The minimum absolute atomic E-state index is 0.0446. The van der Waals surface area contributed by atoms with Crippen LogP contribution in [0.4, 0.5) is 11.5 Å². The van der Waals surface area contributed by atoms with Gasteiger partial charge in [0.25, 0.3) is 11.5 Å². The van der Waals surface area contributed by atoms with E-state index >= 15 is 0 Å². The number of H-pyrrole nitrogens is 1. The van der Waals surface area contributed by atoms with Gasteiger partial charge in [-0.3, -0.25) is 24.0 Å². The first-order valence-corrected chi connectivity index (χ1v) is 9.88. The number of amides is 1. The fourth-order valence-corrected chi connectivity index (χ4v) is 3.22. The topological polar surface area (TPSA) is 127 Å². The van der Waals surface area contributed by atoms with Gasteiger partial charge in [0.1, 0.15) is 22.4 Å². The Kier molecular flexibility index (Phi) is 6.63. The maximum atomic E-state index is 13.3. The van der Waals surface area contributed by atoms with E-state index in [4.69, 9.17) is 33.4 Å². The van der Waals surface area contributed by atoms with E-state index in [2.05, 4.69) is 9.97 Å². The summed E-state index contributed by atoms with van der Waals surface area (Å²) in [6, 6.07) is 6.12. The van der Waals surface area contributed by atoms with Crippen molar-refractivity contribution in [1.29, 1.82) is 0 Å². The number of aromatic amines is 1. The molecule has 9 nitrogen and oxygen atoms in total. The number of pyridine rings is 1. The second-order valence-corrected chi connectivity index (χ2v) is 7.23. The highest BCUT2D eigenvalue weighted by Gasteiger charge is 2.28. The molecule has 3 aromatic heterocycles. The average molecular weight is 452 g/mol. The Labute approximate surface area is 181 Å². The standard InChI is InChI=1S/C19H19Cl2N5O4/c1-2-3-8-25-16(22)15(17(27)24-19(25)29)26(10-11-5-4-9-30-11)18(28)14-12(20)6-7-13(21)23-14/h4-7,9H,2-3,8,10,22H2,1H3,(H,24,27,29). The highest BCUT2D eigenvalue weighted by Crippen LogP contribution is 2.25. The molecule has 0 aromatic carbocycles. The van der Waals surface area contributed by atoms with Crippen LogP contribution in [0, 0.1) is 0 Å². The molecule has 3 heterocycles. The molecule has 0 saturated heterocycles. The quantitative estimate of drug-likeness (QED) is 0.531. The van der Waals surface area contributed by atoms with Gasteiger partial charge in [-0.2, -0.15) is 0 Å². The first-order valence-electron chi connectivity index (χ1n) is 9.12. The van der Waals surface area contributed by atoms with Gasteiger partial charge in [-0.25, -0.2) is 9.78 Å². The Balaban J connectivity index is 2.18. The van der Waals surface area contributed by atoms with E-state index in [0.717, 1.165) is 11.3 Å². The number of nitrogens with two attached hydrogens (primary N) is 1. The summed E-state index contributed by atoms with van der Waals surface area (Å²) in [7, 11) is 0. The van der Waals surface area contributed by atoms with Crippen molar-refractivity contribution in [3.05, 3.63) is 73.0 Å². The third-order valence-electron chi connectivity index (χ3n) is 4.37. The van der Waals surface area contributed by atoms with Crippen molar-refractivity contribution in [2.45, 2.75) is 32.9 Å². The van der Waals surface area contributed by atoms with E-state index in [0.29, 0.717) is 12.2 Å². The number of nitrogens with zero attached hydrogens (tertiary/aromatic N) is 3. The van der Waals surface area contributed by atoms with Crippen molar-refractivity contribution in [1.82, 2.24) is 14.5 Å². The fourth-order valence-electron chi connectivity index (χ4n) is 2.88. The van der Waals surface area contributed by atoms with E-state index in [1.807, 2.05) is 6.92 Å². The maximum Gasteiger partial charge on any atom is 0.330 e. The molecule has 0 unspecified atom stereocenters. The summed E-state index contributed by atoms with van der Waals surface area (Å²) in [5.74, 6) is -0.487. The molecule has 0 aliphatic carbocycles. The fraction of sp³-hybridized carbons (Fsp3) is 0.263. The summed E-state index contributed by atoms with van der Waals surface area (Å²) < 4.78 is 6.55. The number of nitrogens with one attached hydrogen (secondary N) is 1. The van der Waals surface area contributed by atoms with Gasteiger partial charge in [0, 0.05) is 6.54 Å². The lowest BCUT2D eigenvalue weighted by atomic mass is 10.2. The molecule has 0 bridgehead atoms. The SMILES string of the molecule is CCCCn1c(N)c(N(Cc2ccco2)C(=O)c2nc(Cl)ccc2Cl)c(=O)[nH]c1=O. The Bertz CT molecular complexity index is 1170. The Hall–Kier alpha value is -3.04.